The van der Waals surface area contributed by atoms with Gasteiger partial charge in [-0.15, -0.1) is 0 Å². The average molecular weight is 200 g/mol. The van der Waals surface area contributed by atoms with Crippen LogP contribution in [0.5, 0.6) is 0 Å². The zero-order valence-corrected chi connectivity index (χ0v) is 8.43. The van der Waals surface area contributed by atoms with Crippen LogP contribution in [0.15, 0.2) is 24.7 Å². The van der Waals surface area contributed by atoms with Gasteiger partial charge in [-0.2, -0.15) is 0 Å². The molecule has 0 atom stereocenters. The molecule has 0 aliphatic carbocycles. The summed E-state index contributed by atoms with van der Waals surface area (Å²) < 4.78 is 0. The molecule has 0 saturated carbocycles. The third kappa shape index (κ3) is 1.42. The predicted molar refractivity (Wildman–Crippen MR) is 58.8 cm³/mol. The Morgan fingerprint density at radius 2 is 1.67 bits per heavy atom. The van der Waals surface area contributed by atoms with Crippen molar-refractivity contribution in [3.8, 4) is 0 Å². The van der Waals surface area contributed by atoms with Gasteiger partial charge in [0.2, 0.25) is 0 Å². The Morgan fingerprint density at radius 3 is 2.53 bits per heavy atom. The first-order valence-corrected chi connectivity index (χ1v) is 5.26. The van der Waals surface area contributed by atoms with Crippen molar-refractivity contribution < 1.29 is 0 Å². The molecular weight excluding hydrogens is 188 g/mol. The molecule has 2 aromatic heterocycles. The first-order valence-electron chi connectivity index (χ1n) is 5.26. The molecule has 0 unspecified atom stereocenters. The van der Waals surface area contributed by atoms with Crippen LogP contribution in [0.4, 0.5) is 5.69 Å². The van der Waals surface area contributed by atoms with Crippen LogP contribution in [0.3, 0.4) is 0 Å². The lowest BCUT2D eigenvalue weighted by atomic mass is 10.3. The van der Waals surface area contributed by atoms with E-state index >= 15 is 0 Å². The fraction of sp³-hybridized carbons (Fsp3) is 0.364. The van der Waals surface area contributed by atoms with Crippen LogP contribution >= 0.6 is 0 Å². The molecule has 4 heteroatoms. The number of anilines is 1. The van der Waals surface area contributed by atoms with Gasteiger partial charge in [0.05, 0.1) is 5.69 Å². The van der Waals surface area contributed by atoms with Crippen LogP contribution in [0.25, 0.3) is 11.2 Å². The summed E-state index contributed by atoms with van der Waals surface area (Å²) in [4.78, 5) is 15.1. The molecule has 0 aromatic carbocycles. The van der Waals surface area contributed by atoms with E-state index in [2.05, 4.69) is 19.9 Å². The number of nitrogens with zero attached hydrogens (tertiary/aromatic N) is 4. The maximum absolute atomic E-state index is 4.36. The van der Waals surface area contributed by atoms with Crippen LogP contribution in [0, 0.1) is 0 Å². The zero-order valence-electron chi connectivity index (χ0n) is 8.43. The van der Waals surface area contributed by atoms with Gasteiger partial charge in [0.15, 0.2) is 5.65 Å². The quantitative estimate of drug-likeness (QED) is 0.701. The van der Waals surface area contributed by atoms with Gasteiger partial charge in [-0.1, -0.05) is 0 Å². The molecular formula is C11H12N4. The van der Waals surface area contributed by atoms with E-state index in [1.165, 1.54) is 18.5 Å². The van der Waals surface area contributed by atoms with Crippen LogP contribution < -0.4 is 4.90 Å². The SMILES string of the molecule is c1cnc2c(N3CCCC3)ccnc2n1. The fourth-order valence-electron chi connectivity index (χ4n) is 2.08. The Balaban J connectivity index is 2.16. The number of fused-ring (bicyclic) bond motifs is 1. The molecule has 0 amide bonds. The molecule has 1 aliphatic rings. The van der Waals surface area contributed by atoms with Crippen molar-refractivity contribution in [2.45, 2.75) is 12.8 Å². The smallest absolute Gasteiger partial charge is 0.180 e. The largest absolute Gasteiger partial charge is 0.370 e. The van der Waals surface area contributed by atoms with Crippen LogP contribution in [0.1, 0.15) is 12.8 Å². The number of aromatic nitrogens is 3. The molecule has 1 aliphatic heterocycles. The number of hydrogen-bond donors (Lipinski definition) is 0. The molecule has 15 heavy (non-hydrogen) atoms. The van der Waals surface area contributed by atoms with Crippen LogP contribution in [0.2, 0.25) is 0 Å². The summed E-state index contributed by atoms with van der Waals surface area (Å²) in [6.07, 6.45) is 7.76. The Hall–Kier alpha value is -1.71. The molecule has 0 N–H and O–H groups in total. The summed E-state index contributed by atoms with van der Waals surface area (Å²) in [5.41, 5.74) is 2.83. The van der Waals surface area contributed by atoms with Crippen molar-refractivity contribution in [3.63, 3.8) is 0 Å². The topological polar surface area (TPSA) is 41.9 Å². The van der Waals surface area contributed by atoms with Crippen molar-refractivity contribution in [2.24, 2.45) is 0 Å². The molecule has 3 rings (SSSR count). The third-order valence-electron chi connectivity index (χ3n) is 2.80. The second-order valence-electron chi connectivity index (χ2n) is 3.75. The number of rotatable bonds is 1. The third-order valence-corrected chi connectivity index (χ3v) is 2.80. The normalized spacial score (nSPS) is 16.1. The first kappa shape index (κ1) is 8.59. The molecule has 0 bridgehead atoms. The summed E-state index contributed by atoms with van der Waals surface area (Å²) in [7, 11) is 0. The van der Waals surface area contributed by atoms with Gasteiger partial charge in [0.25, 0.3) is 0 Å². The zero-order chi connectivity index (χ0) is 10.1. The monoisotopic (exact) mass is 200 g/mol. The van der Waals surface area contributed by atoms with Gasteiger partial charge in [-0.3, -0.25) is 0 Å². The Bertz CT molecular complexity index is 471. The standard InChI is InChI=1S/C11H12N4/c1-2-8-15(7-1)9-3-4-13-11-10(9)12-5-6-14-11/h3-6H,1-2,7-8H2. The number of hydrogen-bond acceptors (Lipinski definition) is 4. The van der Waals surface area contributed by atoms with E-state index in [1.54, 1.807) is 12.4 Å². The molecule has 0 radical (unpaired) electrons. The van der Waals surface area contributed by atoms with Gasteiger partial charge < -0.3 is 4.90 Å². The van der Waals surface area contributed by atoms with Crippen molar-refractivity contribution in [3.05, 3.63) is 24.7 Å². The van der Waals surface area contributed by atoms with Crippen molar-refractivity contribution in [1.29, 1.82) is 0 Å². The van der Waals surface area contributed by atoms with Gasteiger partial charge in [-0.25, -0.2) is 15.0 Å². The van der Waals surface area contributed by atoms with E-state index in [0.29, 0.717) is 0 Å². The lowest BCUT2D eigenvalue weighted by molar-refractivity contribution is 0.949. The van der Waals surface area contributed by atoms with Gasteiger partial charge in [0.1, 0.15) is 5.52 Å². The highest BCUT2D eigenvalue weighted by atomic mass is 15.2. The molecule has 0 spiro atoms. The first-order chi connectivity index (χ1) is 7.45. The maximum atomic E-state index is 4.36. The van der Waals surface area contributed by atoms with E-state index in [9.17, 15) is 0 Å². The van der Waals surface area contributed by atoms with Gasteiger partial charge in [-0.05, 0) is 18.9 Å². The molecule has 1 fully saturated rings. The summed E-state index contributed by atoms with van der Waals surface area (Å²) in [6.45, 7) is 2.24. The Labute approximate surface area is 88.0 Å². The Morgan fingerprint density at radius 1 is 0.933 bits per heavy atom. The second-order valence-corrected chi connectivity index (χ2v) is 3.75. The van der Waals surface area contributed by atoms with E-state index < -0.39 is 0 Å². The predicted octanol–water partition coefficient (Wildman–Crippen LogP) is 1.62. The van der Waals surface area contributed by atoms with E-state index in [0.717, 1.165) is 24.3 Å². The van der Waals surface area contributed by atoms with Crippen molar-refractivity contribution in [1.82, 2.24) is 15.0 Å². The second kappa shape index (κ2) is 3.46. The highest BCUT2D eigenvalue weighted by Gasteiger charge is 2.15. The molecule has 3 heterocycles. The summed E-state index contributed by atoms with van der Waals surface area (Å²) in [5.74, 6) is 0. The lowest BCUT2D eigenvalue weighted by Crippen LogP contribution is -2.18. The van der Waals surface area contributed by atoms with Gasteiger partial charge in [0, 0.05) is 31.7 Å². The van der Waals surface area contributed by atoms with Crippen molar-refractivity contribution >= 4 is 16.9 Å². The maximum Gasteiger partial charge on any atom is 0.180 e. The minimum absolute atomic E-state index is 0.738. The fourth-order valence-corrected chi connectivity index (χ4v) is 2.08. The summed E-state index contributed by atoms with van der Waals surface area (Å²) in [6, 6.07) is 2.03. The minimum Gasteiger partial charge on any atom is -0.370 e. The lowest BCUT2D eigenvalue weighted by Gasteiger charge is -2.17. The molecule has 2 aromatic rings. The van der Waals surface area contributed by atoms with E-state index in [-0.39, 0.29) is 0 Å². The minimum atomic E-state index is 0.738. The molecule has 4 nitrogen and oxygen atoms in total. The van der Waals surface area contributed by atoms with Gasteiger partial charge >= 0.3 is 0 Å². The molecule has 76 valence electrons. The average Bonchev–Trinajstić information content (AvgIpc) is 2.82. The highest BCUT2D eigenvalue weighted by Crippen LogP contribution is 2.25. The van der Waals surface area contributed by atoms with E-state index in [4.69, 9.17) is 0 Å². The summed E-state index contributed by atoms with van der Waals surface area (Å²) >= 11 is 0. The van der Waals surface area contributed by atoms with E-state index in [1.807, 2.05) is 12.3 Å². The number of pyridine rings is 1. The highest BCUT2D eigenvalue weighted by molar-refractivity contribution is 5.85. The van der Waals surface area contributed by atoms with Crippen molar-refractivity contribution in [2.75, 3.05) is 18.0 Å². The van der Waals surface area contributed by atoms with Crippen LogP contribution in [-0.2, 0) is 0 Å². The Kier molecular flexibility index (Phi) is 1.98. The summed E-state index contributed by atoms with van der Waals surface area (Å²) in [5, 5.41) is 0. The van der Waals surface area contributed by atoms with Crippen LogP contribution in [-0.4, -0.2) is 28.0 Å². The molecule has 1 saturated heterocycles.